The highest BCUT2D eigenvalue weighted by molar-refractivity contribution is 6.43. The quantitative estimate of drug-likeness (QED) is 0.729. The summed E-state index contributed by atoms with van der Waals surface area (Å²) < 4.78 is 2.01. The van der Waals surface area contributed by atoms with Gasteiger partial charge in [-0.1, -0.05) is 29.3 Å². The molecule has 9 heteroatoms. The summed E-state index contributed by atoms with van der Waals surface area (Å²) in [7, 11) is 0. The maximum Gasteiger partial charge on any atom is 0.319 e. The molecule has 30 heavy (non-hydrogen) atoms. The number of hydrogen-bond donors (Lipinski definition) is 1. The second-order valence-electron chi connectivity index (χ2n) is 7.90. The maximum absolute atomic E-state index is 12.1. The number of aryl methyl sites for hydroxylation is 1. The molecule has 1 saturated heterocycles. The van der Waals surface area contributed by atoms with Crippen molar-refractivity contribution < 1.29 is 4.79 Å². The van der Waals surface area contributed by atoms with E-state index in [0.717, 1.165) is 82.0 Å². The van der Waals surface area contributed by atoms with Crippen LogP contribution in [0.15, 0.2) is 24.4 Å². The topological polar surface area (TPSA) is 70.6 Å². The molecular weight excluding hydrogens is 423 g/mol. The molecule has 2 amide bonds. The number of carbonyl (C=O) groups is 1. The normalized spacial score (nSPS) is 17.1. The summed E-state index contributed by atoms with van der Waals surface area (Å²) in [5.41, 5.74) is 8.70. The molecule has 0 bridgehead atoms. The summed E-state index contributed by atoms with van der Waals surface area (Å²) in [6, 6.07) is 5.36. The average molecular weight is 451 g/mol. The van der Waals surface area contributed by atoms with Crippen molar-refractivity contribution in [2.24, 2.45) is 5.73 Å². The van der Waals surface area contributed by atoms with Crippen molar-refractivity contribution in [1.29, 1.82) is 0 Å². The zero-order valence-corrected chi connectivity index (χ0v) is 18.6. The van der Waals surface area contributed by atoms with Crippen LogP contribution in [0.2, 0.25) is 10.0 Å². The first-order valence-electron chi connectivity index (χ1n) is 10.6. The molecule has 7 nitrogen and oxygen atoms in total. The van der Waals surface area contributed by atoms with Crippen LogP contribution >= 0.6 is 23.2 Å². The largest absolute Gasteiger partial charge is 0.368 e. The van der Waals surface area contributed by atoms with Crippen LogP contribution in [-0.2, 0) is 13.0 Å². The van der Waals surface area contributed by atoms with E-state index >= 15 is 0 Å². The Labute approximate surface area is 187 Å². The van der Waals surface area contributed by atoms with Crippen molar-refractivity contribution in [3.63, 3.8) is 0 Å². The molecule has 2 N–H and O–H groups in total. The summed E-state index contributed by atoms with van der Waals surface area (Å²) >= 11 is 12.5. The number of piperazine rings is 1. The van der Waals surface area contributed by atoms with Gasteiger partial charge in [-0.2, -0.15) is 5.10 Å². The first kappa shape index (κ1) is 21.3. The molecule has 162 valence electrons. The van der Waals surface area contributed by atoms with Gasteiger partial charge in [-0.3, -0.25) is 14.5 Å². The summed E-state index contributed by atoms with van der Waals surface area (Å²) in [4.78, 5) is 18.5. The fraction of sp³-hybridized carbons (Fsp3) is 0.524. The van der Waals surface area contributed by atoms with E-state index < -0.39 is 6.03 Å². The number of benzene rings is 1. The van der Waals surface area contributed by atoms with Gasteiger partial charge in [0, 0.05) is 39.3 Å². The van der Waals surface area contributed by atoms with E-state index in [1.165, 1.54) is 0 Å². The third kappa shape index (κ3) is 4.53. The van der Waals surface area contributed by atoms with Crippen LogP contribution in [0, 0.1) is 0 Å². The monoisotopic (exact) mass is 450 g/mol. The molecule has 0 atom stereocenters. The van der Waals surface area contributed by atoms with E-state index in [9.17, 15) is 4.79 Å². The molecule has 0 spiro atoms. The second-order valence-corrected chi connectivity index (χ2v) is 8.69. The van der Waals surface area contributed by atoms with Gasteiger partial charge in [0.1, 0.15) is 0 Å². The summed E-state index contributed by atoms with van der Waals surface area (Å²) in [6.07, 6.45) is 5.88. The van der Waals surface area contributed by atoms with Crippen LogP contribution in [0.5, 0.6) is 0 Å². The number of nitrogens with zero attached hydrogens (tertiary/aromatic N) is 5. The molecule has 1 fully saturated rings. The highest BCUT2D eigenvalue weighted by atomic mass is 35.5. The average Bonchev–Trinajstić information content (AvgIpc) is 3.17. The van der Waals surface area contributed by atoms with Crippen LogP contribution in [0.3, 0.4) is 0 Å². The number of rotatable bonds is 6. The molecule has 2 aliphatic rings. The zero-order chi connectivity index (χ0) is 21.1. The molecule has 2 aromatic rings. The van der Waals surface area contributed by atoms with Crippen LogP contribution in [-0.4, -0.2) is 60.0 Å². The third-order valence-corrected chi connectivity index (χ3v) is 6.83. The Bertz CT molecular complexity index is 894. The van der Waals surface area contributed by atoms with E-state index in [4.69, 9.17) is 28.9 Å². The standard InChI is InChI=1S/C21H28Cl2N6O/c22-16-5-3-7-18(20(16)23)27-13-11-26(12-14-27)8-4-9-28(21(24)30)19-15-25-29-10-2-1-6-17(19)29/h3,5,7,15H,1-2,4,6,8-14H2,(H2,24,30). The fourth-order valence-electron chi connectivity index (χ4n) is 4.38. The highest BCUT2D eigenvalue weighted by Gasteiger charge is 2.23. The predicted molar refractivity (Wildman–Crippen MR) is 122 cm³/mol. The molecule has 1 aromatic heterocycles. The Morgan fingerprint density at radius 2 is 1.93 bits per heavy atom. The first-order chi connectivity index (χ1) is 14.5. The third-order valence-electron chi connectivity index (χ3n) is 6.02. The smallest absolute Gasteiger partial charge is 0.319 e. The van der Waals surface area contributed by atoms with Crippen LogP contribution < -0.4 is 15.5 Å². The Morgan fingerprint density at radius 1 is 1.13 bits per heavy atom. The highest BCUT2D eigenvalue weighted by Crippen LogP contribution is 2.33. The molecule has 0 radical (unpaired) electrons. The van der Waals surface area contributed by atoms with Gasteiger partial charge in [0.25, 0.3) is 0 Å². The Kier molecular flexibility index (Phi) is 6.71. The van der Waals surface area contributed by atoms with Crippen LogP contribution in [0.4, 0.5) is 16.2 Å². The minimum absolute atomic E-state index is 0.406. The molecule has 2 aliphatic heterocycles. The molecule has 0 aliphatic carbocycles. The maximum atomic E-state index is 12.1. The Balaban J connectivity index is 1.29. The van der Waals surface area contributed by atoms with Crippen molar-refractivity contribution in [2.45, 2.75) is 32.2 Å². The number of halogens is 2. The molecule has 3 heterocycles. The first-order valence-corrected chi connectivity index (χ1v) is 11.3. The van der Waals surface area contributed by atoms with Gasteiger partial charge < -0.3 is 10.6 Å². The Morgan fingerprint density at radius 3 is 2.70 bits per heavy atom. The van der Waals surface area contributed by atoms with Crippen molar-refractivity contribution in [2.75, 3.05) is 49.1 Å². The van der Waals surface area contributed by atoms with E-state index in [1.54, 1.807) is 11.1 Å². The molecular formula is C21H28Cl2N6O. The lowest BCUT2D eigenvalue weighted by molar-refractivity contribution is 0.247. The van der Waals surface area contributed by atoms with E-state index in [0.29, 0.717) is 16.6 Å². The molecule has 0 saturated carbocycles. The SMILES string of the molecule is NC(=O)N(CCCN1CCN(c2cccc(Cl)c2Cl)CC1)c1cnn2c1CCCC2. The molecule has 0 unspecified atom stereocenters. The lowest BCUT2D eigenvalue weighted by atomic mass is 10.1. The predicted octanol–water partition coefficient (Wildman–Crippen LogP) is 3.62. The van der Waals surface area contributed by atoms with Crippen molar-refractivity contribution in [3.05, 3.63) is 40.1 Å². The lowest BCUT2D eigenvalue weighted by Gasteiger charge is -2.36. The second kappa shape index (κ2) is 9.45. The van der Waals surface area contributed by atoms with Crippen molar-refractivity contribution in [3.8, 4) is 0 Å². The number of carbonyl (C=O) groups excluding carboxylic acids is 1. The lowest BCUT2D eigenvalue weighted by Crippen LogP contribution is -2.47. The number of urea groups is 1. The van der Waals surface area contributed by atoms with Gasteiger partial charge in [0.15, 0.2) is 0 Å². The number of primary amides is 1. The van der Waals surface area contributed by atoms with Gasteiger partial charge in [0.2, 0.25) is 0 Å². The summed E-state index contributed by atoms with van der Waals surface area (Å²) in [5.74, 6) is 0. The number of nitrogens with two attached hydrogens (primary N) is 1. The fourth-order valence-corrected chi connectivity index (χ4v) is 4.80. The van der Waals surface area contributed by atoms with Gasteiger partial charge in [0.05, 0.1) is 33.3 Å². The van der Waals surface area contributed by atoms with Crippen molar-refractivity contribution >= 4 is 40.6 Å². The number of hydrogen-bond acceptors (Lipinski definition) is 4. The number of anilines is 2. The van der Waals surface area contributed by atoms with Gasteiger partial charge >= 0.3 is 6.03 Å². The van der Waals surface area contributed by atoms with Crippen LogP contribution in [0.25, 0.3) is 0 Å². The minimum atomic E-state index is -0.406. The minimum Gasteiger partial charge on any atom is -0.368 e. The Hall–Kier alpha value is -1.96. The zero-order valence-electron chi connectivity index (χ0n) is 17.1. The summed E-state index contributed by atoms with van der Waals surface area (Å²) in [5, 5.41) is 5.65. The number of fused-ring (bicyclic) bond motifs is 1. The van der Waals surface area contributed by atoms with Gasteiger partial charge in [-0.15, -0.1) is 0 Å². The van der Waals surface area contributed by atoms with Gasteiger partial charge in [-0.05, 0) is 44.4 Å². The number of amides is 2. The number of aromatic nitrogens is 2. The van der Waals surface area contributed by atoms with Crippen molar-refractivity contribution in [1.82, 2.24) is 14.7 Å². The van der Waals surface area contributed by atoms with E-state index in [-0.39, 0.29) is 0 Å². The van der Waals surface area contributed by atoms with Crippen LogP contribution in [0.1, 0.15) is 25.0 Å². The van der Waals surface area contributed by atoms with E-state index in [2.05, 4.69) is 14.9 Å². The van der Waals surface area contributed by atoms with Gasteiger partial charge in [-0.25, -0.2) is 4.79 Å². The molecule has 1 aromatic carbocycles. The van der Waals surface area contributed by atoms with E-state index in [1.807, 2.05) is 22.9 Å². The summed E-state index contributed by atoms with van der Waals surface area (Å²) in [6.45, 7) is 6.14. The molecule has 4 rings (SSSR count).